The van der Waals surface area contributed by atoms with Crippen LogP contribution in [0.2, 0.25) is 0 Å². The minimum atomic E-state index is -4.84. The lowest BCUT2D eigenvalue weighted by atomic mass is 10.2. The molecule has 3 rings (SSSR count). The van der Waals surface area contributed by atoms with Crippen LogP contribution in [0.5, 0.6) is 0 Å². The van der Waals surface area contributed by atoms with Gasteiger partial charge in [0, 0.05) is 44.7 Å². The maximum absolute atomic E-state index is 12.5. The molecule has 29 heavy (non-hydrogen) atoms. The van der Waals surface area contributed by atoms with Gasteiger partial charge in [-0.25, -0.2) is 0 Å². The van der Waals surface area contributed by atoms with Gasteiger partial charge in [-0.05, 0) is 87.6 Å². The van der Waals surface area contributed by atoms with Crippen molar-refractivity contribution >= 4 is 68.4 Å². The first kappa shape index (κ1) is 22.1. The Labute approximate surface area is 192 Å². The summed E-state index contributed by atoms with van der Waals surface area (Å²) < 4.78 is 39.4. The number of amides is 2. The highest BCUT2D eigenvalue weighted by atomic mass is 127. The molecule has 5 nitrogen and oxygen atoms in total. The zero-order valence-corrected chi connectivity index (χ0v) is 19.3. The van der Waals surface area contributed by atoms with Gasteiger partial charge in [0.15, 0.2) is 0 Å². The average molecular weight is 629 g/mol. The highest BCUT2D eigenvalue weighted by Gasteiger charge is 2.43. The Kier molecular flexibility index (Phi) is 6.91. The molecule has 0 bridgehead atoms. The van der Waals surface area contributed by atoms with Crippen LogP contribution in [0.15, 0.2) is 42.5 Å². The van der Waals surface area contributed by atoms with Gasteiger partial charge in [0.05, 0.1) is 5.56 Å². The standard InChI is InChI=1S/C19H16F3I2N3O2/c20-19(21,22)18(29)27-9-7-26(8-10-27)14-4-2-13(3-5-14)25-17(28)15-11-12(23)1-6-16(15)24/h1-6,11H,7-10H2,(H,25,28). The van der Waals surface area contributed by atoms with Crippen LogP contribution in [0.4, 0.5) is 24.5 Å². The molecular weight excluding hydrogens is 613 g/mol. The molecule has 0 radical (unpaired) electrons. The Bertz CT molecular complexity index is 912. The molecule has 154 valence electrons. The van der Waals surface area contributed by atoms with Crippen molar-refractivity contribution < 1.29 is 22.8 Å². The van der Waals surface area contributed by atoms with Crippen LogP contribution >= 0.6 is 45.2 Å². The van der Waals surface area contributed by atoms with E-state index in [1.807, 2.05) is 23.1 Å². The van der Waals surface area contributed by atoms with Gasteiger partial charge in [0.2, 0.25) is 0 Å². The molecule has 2 amide bonds. The number of nitrogens with zero attached hydrogens (tertiary/aromatic N) is 2. The van der Waals surface area contributed by atoms with Crippen LogP contribution in [0.3, 0.4) is 0 Å². The maximum Gasteiger partial charge on any atom is 0.471 e. The Balaban J connectivity index is 1.60. The van der Waals surface area contributed by atoms with E-state index in [1.165, 1.54) is 0 Å². The third-order valence-electron chi connectivity index (χ3n) is 4.47. The smallest absolute Gasteiger partial charge is 0.368 e. The molecule has 1 N–H and O–H groups in total. The number of piperazine rings is 1. The minimum Gasteiger partial charge on any atom is -0.368 e. The monoisotopic (exact) mass is 629 g/mol. The van der Waals surface area contributed by atoms with Gasteiger partial charge in [0.1, 0.15) is 0 Å². The molecule has 0 unspecified atom stereocenters. The largest absolute Gasteiger partial charge is 0.471 e. The van der Waals surface area contributed by atoms with Crippen molar-refractivity contribution in [3.8, 4) is 0 Å². The molecule has 1 heterocycles. The van der Waals surface area contributed by atoms with E-state index in [9.17, 15) is 22.8 Å². The number of rotatable bonds is 3. The second-order valence-corrected chi connectivity index (χ2v) is 8.81. The van der Waals surface area contributed by atoms with Crippen molar-refractivity contribution in [3.63, 3.8) is 0 Å². The SMILES string of the molecule is O=C(Nc1ccc(N2CCN(C(=O)C(F)(F)F)CC2)cc1)c1cc(I)ccc1I. The molecule has 1 aliphatic rings. The number of anilines is 2. The van der Waals surface area contributed by atoms with Gasteiger partial charge in [-0.3, -0.25) is 9.59 Å². The van der Waals surface area contributed by atoms with Crippen LogP contribution < -0.4 is 10.2 Å². The number of carbonyl (C=O) groups excluding carboxylic acids is 2. The van der Waals surface area contributed by atoms with E-state index in [0.29, 0.717) is 24.3 Å². The second kappa shape index (κ2) is 9.06. The van der Waals surface area contributed by atoms with E-state index in [1.54, 1.807) is 24.3 Å². The highest BCUT2D eigenvalue weighted by molar-refractivity contribution is 14.1. The summed E-state index contributed by atoms with van der Waals surface area (Å²) in [6.07, 6.45) is -4.84. The van der Waals surface area contributed by atoms with E-state index < -0.39 is 12.1 Å². The van der Waals surface area contributed by atoms with Gasteiger partial charge in [-0.2, -0.15) is 13.2 Å². The van der Waals surface area contributed by atoms with E-state index in [0.717, 1.165) is 17.7 Å². The molecule has 10 heteroatoms. The number of halogens is 5. The van der Waals surface area contributed by atoms with E-state index in [-0.39, 0.29) is 19.0 Å². The van der Waals surface area contributed by atoms with Crippen LogP contribution in [-0.2, 0) is 4.79 Å². The summed E-state index contributed by atoms with van der Waals surface area (Å²) >= 11 is 4.26. The lowest BCUT2D eigenvalue weighted by Gasteiger charge is -2.36. The molecule has 1 aliphatic heterocycles. The van der Waals surface area contributed by atoms with Gasteiger partial charge >= 0.3 is 12.1 Å². The molecule has 0 aromatic heterocycles. The molecule has 0 atom stereocenters. The summed E-state index contributed by atoms with van der Waals surface area (Å²) in [5.41, 5.74) is 2.04. The van der Waals surface area contributed by atoms with Crippen molar-refractivity contribution in [1.82, 2.24) is 4.90 Å². The third-order valence-corrected chi connectivity index (χ3v) is 6.08. The van der Waals surface area contributed by atoms with Crippen molar-refractivity contribution in [2.75, 3.05) is 36.4 Å². The van der Waals surface area contributed by atoms with Crippen LogP contribution in [0, 0.1) is 7.14 Å². The zero-order valence-electron chi connectivity index (χ0n) is 15.0. The summed E-state index contributed by atoms with van der Waals surface area (Å²) in [6.45, 7) is 0.659. The topological polar surface area (TPSA) is 52.7 Å². The van der Waals surface area contributed by atoms with Crippen molar-refractivity contribution in [3.05, 3.63) is 55.2 Å². The van der Waals surface area contributed by atoms with E-state index >= 15 is 0 Å². The minimum absolute atomic E-state index is 0.0158. The van der Waals surface area contributed by atoms with Crippen LogP contribution in [0.25, 0.3) is 0 Å². The van der Waals surface area contributed by atoms with E-state index in [2.05, 4.69) is 50.5 Å². The lowest BCUT2D eigenvalue weighted by molar-refractivity contribution is -0.185. The van der Waals surface area contributed by atoms with Gasteiger partial charge in [-0.1, -0.05) is 0 Å². The maximum atomic E-state index is 12.5. The van der Waals surface area contributed by atoms with E-state index in [4.69, 9.17) is 0 Å². The van der Waals surface area contributed by atoms with Crippen LogP contribution in [0.1, 0.15) is 10.4 Å². The zero-order chi connectivity index (χ0) is 21.2. The molecule has 1 fully saturated rings. The first-order chi connectivity index (χ1) is 13.6. The number of benzene rings is 2. The van der Waals surface area contributed by atoms with Gasteiger partial charge in [-0.15, -0.1) is 0 Å². The summed E-state index contributed by atoms with van der Waals surface area (Å²) in [5.74, 6) is -2.00. The first-order valence-corrected chi connectivity index (χ1v) is 10.8. The number of carbonyl (C=O) groups is 2. The molecule has 2 aromatic rings. The highest BCUT2D eigenvalue weighted by Crippen LogP contribution is 2.24. The second-order valence-electron chi connectivity index (χ2n) is 6.40. The first-order valence-electron chi connectivity index (χ1n) is 8.62. The predicted molar refractivity (Wildman–Crippen MR) is 121 cm³/mol. The fourth-order valence-corrected chi connectivity index (χ4v) is 4.04. The fraction of sp³-hybridized carbons (Fsp3) is 0.263. The molecule has 2 aromatic carbocycles. The summed E-state index contributed by atoms with van der Waals surface area (Å²) in [7, 11) is 0. The van der Waals surface area contributed by atoms with Crippen molar-refractivity contribution in [2.24, 2.45) is 0 Å². The number of hydrogen-bond donors (Lipinski definition) is 1. The van der Waals surface area contributed by atoms with Crippen molar-refractivity contribution in [1.29, 1.82) is 0 Å². The Hall–Kier alpha value is -1.57. The normalized spacial score (nSPS) is 14.7. The van der Waals surface area contributed by atoms with Gasteiger partial charge in [0.25, 0.3) is 5.91 Å². The van der Waals surface area contributed by atoms with Crippen LogP contribution in [-0.4, -0.2) is 49.1 Å². The molecule has 1 saturated heterocycles. The average Bonchev–Trinajstić information content (AvgIpc) is 2.69. The predicted octanol–water partition coefficient (Wildman–Crippen LogP) is 4.36. The lowest BCUT2D eigenvalue weighted by Crippen LogP contribution is -2.52. The molecule has 0 saturated carbocycles. The Morgan fingerprint density at radius 3 is 2.14 bits per heavy atom. The summed E-state index contributed by atoms with van der Waals surface area (Å²) in [6, 6.07) is 12.7. The Morgan fingerprint density at radius 2 is 1.55 bits per heavy atom. The van der Waals surface area contributed by atoms with Gasteiger partial charge < -0.3 is 15.1 Å². The molecular formula is C19H16F3I2N3O2. The number of hydrogen-bond acceptors (Lipinski definition) is 3. The van der Waals surface area contributed by atoms with Crippen molar-refractivity contribution in [2.45, 2.75) is 6.18 Å². The number of alkyl halides is 3. The molecule has 0 aliphatic carbocycles. The number of nitrogens with one attached hydrogen (secondary N) is 1. The third kappa shape index (κ3) is 5.53. The Morgan fingerprint density at radius 1 is 0.931 bits per heavy atom. The fourth-order valence-electron chi connectivity index (χ4n) is 2.97. The molecule has 0 spiro atoms. The quantitative estimate of drug-likeness (QED) is 0.514. The summed E-state index contributed by atoms with van der Waals surface area (Å²) in [4.78, 5) is 26.5. The summed E-state index contributed by atoms with van der Waals surface area (Å²) in [5, 5.41) is 2.85.